The van der Waals surface area contributed by atoms with Crippen molar-refractivity contribution in [1.29, 1.82) is 0 Å². The van der Waals surface area contributed by atoms with Crippen LogP contribution in [0.2, 0.25) is 0 Å². The molecule has 2 atom stereocenters. The molecule has 0 radical (unpaired) electrons. The fourth-order valence-electron chi connectivity index (χ4n) is 2.75. The molecule has 134 valence electrons. The molecule has 0 aliphatic carbocycles. The van der Waals surface area contributed by atoms with Crippen molar-refractivity contribution in [3.05, 3.63) is 54.1 Å². The summed E-state index contributed by atoms with van der Waals surface area (Å²) in [6.07, 6.45) is 5.12. The van der Waals surface area contributed by atoms with Crippen LogP contribution in [0.1, 0.15) is 31.2 Å². The Morgan fingerprint density at radius 2 is 2.24 bits per heavy atom. The largest absolute Gasteiger partial charge is 0.456 e. The lowest BCUT2D eigenvalue weighted by atomic mass is 10.2. The van der Waals surface area contributed by atoms with Gasteiger partial charge in [-0.25, -0.2) is 9.78 Å². The molecule has 0 unspecified atom stereocenters. The SMILES string of the molecule is C[C@@H](OC[C@H]1CCCO1)C(=O)OCc1nccn1Cc1ccccc1. The third-order valence-electron chi connectivity index (χ3n) is 4.23. The Hall–Kier alpha value is -2.18. The van der Waals surface area contributed by atoms with Gasteiger partial charge in [-0.15, -0.1) is 0 Å². The maximum atomic E-state index is 12.1. The number of benzene rings is 1. The van der Waals surface area contributed by atoms with Gasteiger partial charge in [0.05, 0.1) is 12.7 Å². The fraction of sp³-hybridized carbons (Fsp3) is 0.474. The number of imidazole rings is 1. The Bertz CT molecular complexity index is 665. The highest BCUT2D eigenvalue weighted by Gasteiger charge is 2.21. The van der Waals surface area contributed by atoms with E-state index >= 15 is 0 Å². The predicted octanol–water partition coefficient (Wildman–Crippen LogP) is 2.56. The minimum absolute atomic E-state index is 0.0972. The second kappa shape index (κ2) is 8.78. The minimum Gasteiger partial charge on any atom is -0.456 e. The zero-order chi connectivity index (χ0) is 17.5. The van der Waals surface area contributed by atoms with Gasteiger partial charge in [0.2, 0.25) is 0 Å². The molecule has 0 saturated carbocycles. The van der Waals surface area contributed by atoms with E-state index in [4.69, 9.17) is 14.2 Å². The highest BCUT2D eigenvalue weighted by Crippen LogP contribution is 2.13. The van der Waals surface area contributed by atoms with E-state index in [-0.39, 0.29) is 18.7 Å². The fourth-order valence-corrected chi connectivity index (χ4v) is 2.75. The van der Waals surface area contributed by atoms with Gasteiger partial charge in [0.1, 0.15) is 12.4 Å². The third kappa shape index (κ3) is 5.14. The van der Waals surface area contributed by atoms with E-state index in [9.17, 15) is 4.79 Å². The number of ether oxygens (including phenoxy) is 3. The van der Waals surface area contributed by atoms with Crippen LogP contribution in [0, 0.1) is 0 Å². The molecular formula is C19H24N2O4. The molecule has 0 amide bonds. The van der Waals surface area contributed by atoms with E-state index in [0.717, 1.165) is 19.4 Å². The van der Waals surface area contributed by atoms with Crippen LogP contribution in [0.25, 0.3) is 0 Å². The van der Waals surface area contributed by atoms with Gasteiger partial charge in [0.15, 0.2) is 6.10 Å². The number of hydrogen-bond acceptors (Lipinski definition) is 5. The van der Waals surface area contributed by atoms with Crippen LogP contribution in [0.4, 0.5) is 0 Å². The lowest BCUT2D eigenvalue weighted by molar-refractivity contribution is -0.159. The molecule has 1 fully saturated rings. The van der Waals surface area contributed by atoms with Crippen molar-refractivity contribution in [2.45, 2.75) is 45.1 Å². The predicted molar refractivity (Wildman–Crippen MR) is 92.0 cm³/mol. The first-order valence-corrected chi connectivity index (χ1v) is 8.66. The van der Waals surface area contributed by atoms with Crippen molar-refractivity contribution in [2.75, 3.05) is 13.2 Å². The first-order chi connectivity index (χ1) is 12.2. The summed E-state index contributed by atoms with van der Waals surface area (Å²) in [5.41, 5.74) is 1.17. The van der Waals surface area contributed by atoms with Gasteiger partial charge in [-0.05, 0) is 25.3 Å². The van der Waals surface area contributed by atoms with Crippen LogP contribution in [-0.2, 0) is 32.2 Å². The summed E-state index contributed by atoms with van der Waals surface area (Å²) in [5.74, 6) is 0.329. The summed E-state index contributed by atoms with van der Waals surface area (Å²) < 4.78 is 18.4. The van der Waals surface area contributed by atoms with Crippen LogP contribution in [0.5, 0.6) is 0 Å². The number of hydrogen-bond donors (Lipinski definition) is 0. The second-order valence-electron chi connectivity index (χ2n) is 6.18. The van der Waals surface area contributed by atoms with E-state index in [1.165, 1.54) is 5.56 Å². The van der Waals surface area contributed by atoms with Gasteiger partial charge in [0, 0.05) is 25.5 Å². The number of aromatic nitrogens is 2. The van der Waals surface area contributed by atoms with Crippen molar-refractivity contribution < 1.29 is 19.0 Å². The lowest BCUT2D eigenvalue weighted by Crippen LogP contribution is -2.27. The van der Waals surface area contributed by atoms with Gasteiger partial charge in [0.25, 0.3) is 0 Å². The molecule has 0 bridgehead atoms. The summed E-state index contributed by atoms with van der Waals surface area (Å²) in [7, 11) is 0. The van der Waals surface area contributed by atoms with Crippen molar-refractivity contribution in [3.8, 4) is 0 Å². The van der Waals surface area contributed by atoms with Gasteiger partial charge in [-0.3, -0.25) is 0 Å². The molecular weight excluding hydrogens is 320 g/mol. The van der Waals surface area contributed by atoms with Gasteiger partial charge < -0.3 is 18.8 Å². The van der Waals surface area contributed by atoms with Crippen molar-refractivity contribution in [1.82, 2.24) is 9.55 Å². The zero-order valence-electron chi connectivity index (χ0n) is 14.5. The third-order valence-corrected chi connectivity index (χ3v) is 4.23. The quantitative estimate of drug-likeness (QED) is 0.689. The van der Waals surface area contributed by atoms with Crippen molar-refractivity contribution in [2.24, 2.45) is 0 Å². The summed E-state index contributed by atoms with van der Waals surface area (Å²) in [6.45, 7) is 3.73. The molecule has 1 aromatic heterocycles. The average Bonchev–Trinajstić information content (AvgIpc) is 3.30. The number of rotatable bonds is 8. The molecule has 1 aromatic carbocycles. The van der Waals surface area contributed by atoms with Crippen molar-refractivity contribution in [3.63, 3.8) is 0 Å². The first kappa shape index (κ1) is 17.6. The van der Waals surface area contributed by atoms with Gasteiger partial charge in [-0.1, -0.05) is 30.3 Å². The Morgan fingerprint density at radius 3 is 3.00 bits per heavy atom. The topological polar surface area (TPSA) is 62.6 Å². The van der Waals surface area contributed by atoms with Crippen LogP contribution >= 0.6 is 0 Å². The van der Waals surface area contributed by atoms with Crippen molar-refractivity contribution >= 4 is 5.97 Å². The normalized spacial score (nSPS) is 18.2. The van der Waals surface area contributed by atoms with E-state index in [2.05, 4.69) is 17.1 Å². The Balaban J connectivity index is 1.46. The standard InChI is InChI=1S/C19H24N2O4/c1-15(24-13-17-8-5-11-23-17)19(22)25-14-18-20-9-10-21(18)12-16-6-3-2-4-7-16/h2-4,6-7,9-10,15,17H,5,8,11-14H2,1H3/t15-,17-/m1/s1. The monoisotopic (exact) mass is 344 g/mol. The molecule has 1 aliphatic rings. The maximum Gasteiger partial charge on any atom is 0.335 e. The molecule has 0 N–H and O–H groups in total. The number of carbonyl (C=O) groups is 1. The summed E-state index contributed by atoms with van der Waals surface area (Å²) in [5, 5.41) is 0. The van der Waals surface area contributed by atoms with Gasteiger partial charge >= 0.3 is 5.97 Å². The molecule has 25 heavy (non-hydrogen) atoms. The maximum absolute atomic E-state index is 12.1. The highest BCUT2D eigenvalue weighted by atomic mass is 16.6. The molecule has 1 aliphatic heterocycles. The average molecular weight is 344 g/mol. The highest BCUT2D eigenvalue weighted by molar-refractivity contribution is 5.74. The van der Waals surface area contributed by atoms with E-state index < -0.39 is 6.10 Å². The van der Waals surface area contributed by atoms with E-state index in [1.807, 2.05) is 29.0 Å². The Labute approximate surface area is 147 Å². The van der Waals surface area contributed by atoms with E-state index in [0.29, 0.717) is 19.0 Å². The van der Waals surface area contributed by atoms with Crippen LogP contribution in [0.3, 0.4) is 0 Å². The Morgan fingerprint density at radius 1 is 1.40 bits per heavy atom. The molecule has 2 heterocycles. The van der Waals surface area contributed by atoms with Crippen LogP contribution < -0.4 is 0 Å². The zero-order valence-corrected chi connectivity index (χ0v) is 14.5. The smallest absolute Gasteiger partial charge is 0.335 e. The number of carbonyl (C=O) groups excluding carboxylic acids is 1. The summed E-state index contributed by atoms with van der Waals surface area (Å²) in [4.78, 5) is 16.4. The molecule has 0 spiro atoms. The molecule has 2 aromatic rings. The first-order valence-electron chi connectivity index (χ1n) is 8.66. The molecule has 3 rings (SSSR count). The van der Waals surface area contributed by atoms with E-state index in [1.54, 1.807) is 13.1 Å². The molecule has 1 saturated heterocycles. The summed E-state index contributed by atoms with van der Waals surface area (Å²) >= 11 is 0. The molecule has 6 nitrogen and oxygen atoms in total. The molecule has 6 heteroatoms. The van der Waals surface area contributed by atoms with Crippen LogP contribution in [0.15, 0.2) is 42.7 Å². The number of esters is 1. The number of nitrogens with zero attached hydrogens (tertiary/aromatic N) is 2. The Kier molecular flexibility index (Phi) is 6.19. The minimum atomic E-state index is -0.610. The second-order valence-corrected chi connectivity index (χ2v) is 6.18. The van der Waals surface area contributed by atoms with Gasteiger partial charge in [-0.2, -0.15) is 0 Å². The summed E-state index contributed by atoms with van der Waals surface area (Å²) in [6, 6.07) is 10.1. The lowest BCUT2D eigenvalue weighted by Gasteiger charge is -2.15. The van der Waals surface area contributed by atoms with Crippen LogP contribution in [-0.4, -0.2) is 40.9 Å².